The van der Waals surface area contributed by atoms with Gasteiger partial charge in [-0.05, 0) is 6.07 Å². The molecule has 0 aromatic heterocycles. The molecule has 0 amide bonds. The molecule has 80 valence electrons. The van der Waals surface area contributed by atoms with Crippen LogP contribution in [0.5, 0.6) is 0 Å². The van der Waals surface area contributed by atoms with Gasteiger partial charge in [0.25, 0.3) is 5.69 Å². The SMILES string of the molecule is COC(=O)c1cc(Cl)c([N+](=O)[O-])cc1Cl. The number of nitro groups is 1. The number of carbonyl (C=O) groups excluding carboxylic acids is 1. The van der Waals surface area contributed by atoms with Crippen LogP contribution in [0.4, 0.5) is 5.69 Å². The summed E-state index contributed by atoms with van der Waals surface area (Å²) in [6.45, 7) is 0. The molecule has 0 spiro atoms. The van der Waals surface area contributed by atoms with Crippen LogP contribution in [0.1, 0.15) is 10.4 Å². The summed E-state index contributed by atoms with van der Waals surface area (Å²) in [5, 5.41) is 10.2. The number of hydrogen-bond acceptors (Lipinski definition) is 4. The van der Waals surface area contributed by atoms with Gasteiger partial charge >= 0.3 is 5.97 Å². The molecule has 0 saturated heterocycles. The van der Waals surface area contributed by atoms with Gasteiger partial charge in [-0.25, -0.2) is 4.79 Å². The van der Waals surface area contributed by atoms with Crippen molar-refractivity contribution in [2.45, 2.75) is 0 Å². The minimum atomic E-state index is -0.697. The monoisotopic (exact) mass is 249 g/mol. The Morgan fingerprint density at radius 1 is 1.40 bits per heavy atom. The lowest BCUT2D eigenvalue weighted by atomic mass is 10.2. The lowest BCUT2D eigenvalue weighted by molar-refractivity contribution is -0.384. The Morgan fingerprint density at radius 2 is 2.00 bits per heavy atom. The quantitative estimate of drug-likeness (QED) is 0.459. The van der Waals surface area contributed by atoms with Gasteiger partial charge in [0.2, 0.25) is 0 Å². The van der Waals surface area contributed by atoms with Crippen LogP contribution in [-0.4, -0.2) is 18.0 Å². The predicted molar refractivity (Wildman–Crippen MR) is 54.5 cm³/mol. The number of halogens is 2. The third-order valence-corrected chi connectivity index (χ3v) is 2.25. The largest absolute Gasteiger partial charge is 0.465 e. The Labute approximate surface area is 94.7 Å². The lowest BCUT2D eigenvalue weighted by Gasteiger charge is -2.03. The molecule has 0 saturated carbocycles. The van der Waals surface area contributed by atoms with Gasteiger partial charge < -0.3 is 4.74 Å². The number of hydrogen-bond donors (Lipinski definition) is 0. The molecule has 0 heterocycles. The van der Waals surface area contributed by atoms with Gasteiger partial charge in [0.1, 0.15) is 5.02 Å². The zero-order chi connectivity index (χ0) is 11.6. The van der Waals surface area contributed by atoms with Crippen LogP contribution in [0.3, 0.4) is 0 Å². The molecular weight excluding hydrogens is 245 g/mol. The fourth-order valence-corrected chi connectivity index (χ4v) is 1.41. The van der Waals surface area contributed by atoms with E-state index in [2.05, 4.69) is 4.74 Å². The second-order valence-electron chi connectivity index (χ2n) is 2.53. The summed E-state index contributed by atoms with van der Waals surface area (Å²) in [4.78, 5) is 20.9. The van der Waals surface area contributed by atoms with Crippen LogP contribution in [0.25, 0.3) is 0 Å². The highest BCUT2D eigenvalue weighted by Crippen LogP contribution is 2.30. The van der Waals surface area contributed by atoms with Crippen molar-refractivity contribution < 1.29 is 14.5 Å². The van der Waals surface area contributed by atoms with Crippen molar-refractivity contribution in [1.82, 2.24) is 0 Å². The van der Waals surface area contributed by atoms with Gasteiger partial charge in [0.15, 0.2) is 0 Å². The van der Waals surface area contributed by atoms with Crippen molar-refractivity contribution in [3.05, 3.63) is 37.9 Å². The van der Waals surface area contributed by atoms with Crippen molar-refractivity contribution in [2.75, 3.05) is 7.11 Å². The zero-order valence-electron chi connectivity index (χ0n) is 7.49. The van der Waals surface area contributed by atoms with E-state index in [4.69, 9.17) is 23.2 Å². The number of rotatable bonds is 2. The number of esters is 1. The third kappa shape index (κ3) is 2.37. The Hall–Kier alpha value is -1.33. The molecule has 1 aromatic rings. The lowest BCUT2D eigenvalue weighted by Crippen LogP contribution is -2.03. The molecule has 1 aromatic carbocycles. The van der Waals surface area contributed by atoms with E-state index in [1.807, 2.05) is 0 Å². The van der Waals surface area contributed by atoms with E-state index in [0.717, 1.165) is 12.1 Å². The van der Waals surface area contributed by atoms with Crippen molar-refractivity contribution in [3.8, 4) is 0 Å². The first kappa shape index (κ1) is 11.7. The van der Waals surface area contributed by atoms with Gasteiger partial charge in [-0.3, -0.25) is 10.1 Å². The maximum Gasteiger partial charge on any atom is 0.339 e. The third-order valence-electron chi connectivity index (χ3n) is 1.64. The molecule has 0 radical (unpaired) electrons. The maximum atomic E-state index is 11.1. The van der Waals surface area contributed by atoms with Crippen molar-refractivity contribution in [2.24, 2.45) is 0 Å². The molecule has 0 fully saturated rings. The first-order valence-electron chi connectivity index (χ1n) is 3.69. The number of methoxy groups -OCH3 is 1. The Kier molecular flexibility index (Phi) is 3.49. The second kappa shape index (κ2) is 4.46. The summed E-state index contributed by atoms with van der Waals surface area (Å²) in [6, 6.07) is 2.12. The zero-order valence-corrected chi connectivity index (χ0v) is 9.00. The number of ether oxygens (including phenoxy) is 1. The summed E-state index contributed by atoms with van der Waals surface area (Å²) in [7, 11) is 1.17. The summed E-state index contributed by atoms with van der Waals surface area (Å²) >= 11 is 11.2. The van der Waals surface area contributed by atoms with Crippen LogP contribution in [-0.2, 0) is 4.74 Å². The summed E-state index contributed by atoms with van der Waals surface area (Å²) in [5.41, 5.74) is -0.357. The Bertz CT molecular complexity index is 433. The van der Waals surface area contributed by atoms with Gasteiger partial charge in [-0.2, -0.15) is 0 Å². The highest BCUT2D eigenvalue weighted by molar-refractivity contribution is 6.37. The van der Waals surface area contributed by atoms with E-state index in [1.54, 1.807) is 0 Å². The van der Waals surface area contributed by atoms with Crippen LogP contribution in [0.15, 0.2) is 12.1 Å². The minimum absolute atomic E-state index is 0.00485. The average molecular weight is 250 g/mol. The van der Waals surface area contributed by atoms with Gasteiger partial charge in [0, 0.05) is 6.07 Å². The van der Waals surface area contributed by atoms with Gasteiger partial charge in [0.05, 0.1) is 22.6 Å². The molecule has 0 atom stereocenters. The molecule has 15 heavy (non-hydrogen) atoms. The standard InChI is InChI=1S/C8H5Cl2NO4/c1-15-8(12)4-2-6(10)7(11(13)14)3-5(4)9/h2-3H,1H3. The van der Waals surface area contributed by atoms with E-state index in [9.17, 15) is 14.9 Å². The fourth-order valence-electron chi connectivity index (χ4n) is 0.943. The molecule has 0 aliphatic rings. The molecule has 0 N–H and O–H groups in total. The smallest absolute Gasteiger partial charge is 0.339 e. The number of nitro benzene ring substituents is 1. The van der Waals surface area contributed by atoms with Gasteiger partial charge in [-0.15, -0.1) is 0 Å². The average Bonchev–Trinajstić information content (AvgIpc) is 2.19. The molecule has 0 aliphatic heterocycles. The minimum Gasteiger partial charge on any atom is -0.465 e. The molecule has 5 nitrogen and oxygen atoms in total. The van der Waals surface area contributed by atoms with Crippen LogP contribution >= 0.6 is 23.2 Å². The van der Waals surface area contributed by atoms with Crippen molar-refractivity contribution in [3.63, 3.8) is 0 Å². The second-order valence-corrected chi connectivity index (χ2v) is 3.35. The van der Waals surface area contributed by atoms with E-state index < -0.39 is 10.9 Å². The van der Waals surface area contributed by atoms with Crippen molar-refractivity contribution in [1.29, 1.82) is 0 Å². The molecular formula is C8H5Cl2NO4. The van der Waals surface area contributed by atoms with E-state index >= 15 is 0 Å². The highest BCUT2D eigenvalue weighted by atomic mass is 35.5. The summed E-state index contributed by atoms with van der Waals surface area (Å²) in [5.74, 6) is -0.697. The summed E-state index contributed by atoms with van der Waals surface area (Å²) in [6.07, 6.45) is 0. The fraction of sp³-hybridized carbons (Fsp3) is 0.125. The number of benzene rings is 1. The molecule has 1 rings (SSSR count). The van der Waals surface area contributed by atoms with E-state index in [1.165, 1.54) is 7.11 Å². The van der Waals surface area contributed by atoms with Crippen molar-refractivity contribution >= 4 is 34.9 Å². The van der Waals surface area contributed by atoms with Gasteiger partial charge in [-0.1, -0.05) is 23.2 Å². The highest BCUT2D eigenvalue weighted by Gasteiger charge is 2.19. The Balaban J connectivity index is 3.31. The Morgan fingerprint density at radius 3 is 2.47 bits per heavy atom. The molecule has 0 unspecified atom stereocenters. The molecule has 0 bridgehead atoms. The van der Waals surface area contributed by atoms with Crippen LogP contribution in [0.2, 0.25) is 10.0 Å². The molecule has 7 heteroatoms. The molecule has 0 aliphatic carbocycles. The first-order valence-corrected chi connectivity index (χ1v) is 4.44. The topological polar surface area (TPSA) is 69.4 Å². The normalized spacial score (nSPS) is 9.80. The van der Waals surface area contributed by atoms with E-state index in [0.29, 0.717) is 0 Å². The first-order chi connectivity index (χ1) is 6.97. The number of nitrogens with zero attached hydrogens (tertiary/aromatic N) is 1. The predicted octanol–water partition coefficient (Wildman–Crippen LogP) is 2.69. The van der Waals surface area contributed by atoms with E-state index in [-0.39, 0.29) is 21.3 Å². The van der Waals surface area contributed by atoms with Crippen LogP contribution in [0, 0.1) is 10.1 Å². The summed E-state index contributed by atoms with van der Waals surface area (Å²) < 4.78 is 4.42. The number of carbonyl (C=O) groups is 1. The van der Waals surface area contributed by atoms with Crippen LogP contribution < -0.4 is 0 Å². The maximum absolute atomic E-state index is 11.1.